The molecule has 1 aromatic heterocycles. The maximum atomic E-state index is 13.5. The summed E-state index contributed by atoms with van der Waals surface area (Å²) in [5.41, 5.74) is 6.39. The maximum Gasteiger partial charge on any atom is 0.270 e. The first kappa shape index (κ1) is 16.1. The number of hydrogen-bond donors (Lipinski definition) is 2. The average Bonchev–Trinajstić information content (AvgIpc) is 2.92. The van der Waals surface area contributed by atoms with Gasteiger partial charge in [-0.3, -0.25) is 4.79 Å². The van der Waals surface area contributed by atoms with Crippen LogP contribution in [0, 0.1) is 5.82 Å². The number of nitrogens with two attached hydrogens (primary N) is 1. The van der Waals surface area contributed by atoms with Crippen LogP contribution >= 0.6 is 27.3 Å². The largest absolute Gasteiger partial charge is 0.350 e. The van der Waals surface area contributed by atoms with Gasteiger partial charge < -0.3 is 11.1 Å². The highest BCUT2D eigenvalue weighted by Gasteiger charge is 2.10. The van der Waals surface area contributed by atoms with Crippen LogP contribution in [0.5, 0.6) is 0 Å². The van der Waals surface area contributed by atoms with E-state index >= 15 is 0 Å². The Morgan fingerprint density at radius 3 is 3.00 bits per heavy atom. The first-order chi connectivity index (χ1) is 10.1. The van der Waals surface area contributed by atoms with Crippen molar-refractivity contribution in [3.63, 3.8) is 0 Å². The summed E-state index contributed by atoms with van der Waals surface area (Å²) in [6.07, 6.45) is 1.10. The molecule has 0 aliphatic carbocycles. The fourth-order valence-corrected chi connectivity index (χ4v) is 2.99. The van der Waals surface area contributed by atoms with E-state index in [4.69, 9.17) is 5.73 Å². The van der Waals surface area contributed by atoms with E-state index in [-0.39, 0.29) is 11.7 Å². The molecule has 4 nitrogen and oxygen atoms in total. The van der Waals surface area contributed by atoms with Gasteiger partial charge in [-0.15, -0.1) is 11.3 Å². The Hall–Kier alpha value is -1.31. The van der Waals surface area contributed by atoms with Crippen molar-refractivity contribution in [2.75, 3.05) is 13.1 Å². The number of nitrogens with one attached hydrogen (secondary N) is 1. The zero-order chi connectivity index (χ0) is 15.2. The molecule has 0 bridgehead atoms. The van der Waals surface area contributed by atoms with Gasteiger partial charge >= 0.3 is 0 Å². The molecule has 0 radical (unpaired) electrons. The molecule has 0 spiro atoms. The van der Waals surface area contributed by atoms with E-state index in [1.165, 1.54) is 17.4 Å². The molecule has 1 amide bonds. The van der Waals surface area contributed by atoms with Gasteiger partial charge in [0.1, 0.15) is 11.5 Å². The predicted molar refractivity (Wildman–Crippen MR) is 85.0 cm³/mol. The summed E-state index contributed by atoms with van der Waals surface area (Å²) in [7, 11) is 0. The van der Waals surface area contributed by atoms with Crippen LogP contribution < -0.4 is 11.1 Å². The Kier molecular flexibility index (Phi) is 5.84. The lowest BCUT2D eigenvalue weighted by molar-refractivity contribution is 0.0949. The summed E-state index contributed by atoms with van der Waals surface area (Å²) >= 11 is 4.72. The molecule has 2 rings (SSSR count). The molecule has 0 saturated carbocycles. The highest BCUT2D eigenvalue weighted by Crippen LogP contribution is 2.16. The molecular weight excluding hydrogens is 357 g/mol. The number of carbonyl (C=O) groups excluding carboxylic acids is 1. The summed E-state index contributed by atoms with van der Waals surface area (Å²) in [6.45, 7) is 0.868. The summed E-state index contributed by atoms with van der Waals surface area (Å²) in [5.74, 6) is -0.517. The van der Waals surface area contributed by atoms with E-state index in [2.05, 4.69) is 26.2 Å². The second kappa shape index (κ2) is 7.63. The van der Waals surface area contributed by atoms with Gasteiger partial charge in [0.05, 0.1) is 5.01 Å². The molecule has 7 heteroatoms. The quantitative estimate of drug-likeness (QED) is 0.819. The Morgan fingerprint density at radius 2 is 2.24 bits per heavy atom. The van der Waals surface area contributed by atoms with Gasteiger partial charge in [-0.1, -0.05) is 15.9 Å². The van der Waals surface area contributed by atoms with Gasteiger partial charge in [0.15, 0.2) is 0 Å². The van der Waals surface area contributed by atoms with E-state index in [0.717, 1.165) is 9.48 Å². The molecular formula is C14H15BrFN3OS. The van der Waals surface area contributed by atoms with Crippen LogP contribution in [0.2, 0.25) is 0 Å². The van der Waals surface area contributed by atoms with Crippen LogP contribution in [0.1, 0.15) is 21.1 Å². The van der Waals surface area contributed by atoms with Gasteiger partial charge in [-0.25, -0.2) is 9.37 Å². The molecule has 3 N–H and O–H groups in total. The molecule has 0 aliphatic heterocycles. The molecule has 21 heavy (non-hydrogen) atoms. The third-order valence-electron chi connectivity index (χ3n) is 2.83. The SMILES string of the molecule is NCCc1nc(C(=O)NCCc2cc(Br)ccc2F)cs1. The smallest absolute Gasteiger partial charge is 0.270 e. The molecule has 2 aromatic rings. The van der Waals surface area contributed by atoms with Crippen LogP contribution in [0.4, 0.5) is 4.39 Å². The molecule has 0 atom stereocenters. The van der Waals surface area contributed by atoms with E-state index < -0.39 is 0 Å². The van der Waals surface area contributed by atoms with Crippen molar-refractivity contribution in [3.05, 3.63) is 50.1 Å². The van der Waals surface area contributed by atoms with Crippen LogP contribution in [-0.4, -0.2) is 24.0 Å². The second-order valence-electron chi connectivity index (χ2n) is 4.41. The fourth-order valence-electron chi connectivity index (χ4n) is 1.79. The zero-order valence-electron chi connectivity index (χ0n) is 11.2. The zero-order valence-corrected chi connectivity index (χ0v) is 13.6. The first-order valence-corrected chi connectivity index (χ1v) is 8.14. The lowest BCUT2D eigenvalue weighted by atomic mass is 10.1. The lowest BCUT2D eigenvalue weighted by Crippen LogP contribution is -2.26. The number of amides is 1. The lowest BCUT2D eigenvalue weighted by Gasteiger charge is -2.05. The van der Waals surface area contributed by atoms with E-state index in [9.17, 15) is 9.18 Å². The standard InChI is InChI=1S/C14H15BrFN3OS/c15-10-1-2-11(16)9(7-10)4-6-18-14(20)12-8-21-13(19-12)3-5-17/h1-2,7-8H,3-6,17H2,(H,18,20). The van der Waals surface area contributed by atoms with Gasteiger partial charge in [-0.2, -0.15) is 0 Å². The molecule has 1 heterocycles. The Labute approximate surface area is 134 Å². The molecule has 0 aliphatic rings. The van der Waals surface area contributed by atoms with Crippen molar-refractivity contribution in [2.45, 2.75) is 12.8 Å². The molecule has 0 saturated heterocycles. The van der Waals surface area contributed by atoms with Crippen molar-refractivity contribution in [1.29, 1.82) is 0 Å². The normalized spacial score (nSPS) is 10.6. The van der Waals surface area contributed by atoms with Crippen molar-refractivity contribution in [3.8, 4) is 0 Å². The fraction of sp³-hybridized carbons (Fsp3) is 0.286. The third-order valence-corrected chi connectivity index (χ3v) is 4.23. The number of benzene rings is 1. The molecule has 1 aromatic carbocycles. The van der Waals surface area contributed by atoms with E-state index in [1.54, 1.807) is 17.5 Å². The van der Waals surface area contributed by atoms with Crippen molar-refractivity contribution in [1.82, 2.24) is 10.3 Å². The van der Waals surface area contributed by atoms with Crippen LogP contribution in [0.15, 0.2) is 28.1 Å². The number of carbonyl (C=O) groups is 1. The van der Waals surface area contributed by atoms with Crippen molar-refractivity contribution < 1.29 is 9.18 Å². The molecule has 0 unspecified atom stereocenters. The Bertz CT molecular complexity index is 632. The highest BCUT2D eigenvalue weighted by molar-refractivity contribution is 9.10. The van der Waals surface area contributed by atoms with Crippen LogP contribution in [-0.2, 0) is 12.8 Å². The number of aromatic nitrogens is 1. The Balaban J connectivity index is 1.87. The van der Waals surface area contributed by atoms with Gasteiger partial charge in [-0.05, 0) is 36.7 Å². The molecule has 0 fully saturated rings. The van der Waals surface area contributed by atoms with Crippen LogP contribution in [0.3, 0.4) is 0 Å². The highest BCUT2D eigenvalue weighted by atomic mass is 79.9. The molecule has 112 valence electrons. The first-order valence-electron chi connectivity index (χ1n) is 6.46. The number of halogens is 2. The average molecular weight is 372 g/mol. The minimum Gasteiger partial charge on any atom is -0.350 e. The topological polar surface area (TPSA) is 68.0 Å². The monoisotopic (exact) mass is 371 g/mol. The minimum atomic E-state index is -0.272. The number of hydrogen-bond acceptors (Lipinski definition) is 4. The van der Waals surface area contributed by atoms with Gasteiger partial charge in [0, 0.05) is 22.8 Å². The van der Waals surface area contributed by atoms with Crippen molar-refractivity contribution >= 4 is 33.2 Å². The van der Waals surface area contributed by atoms with E-state index in [1.807, 2.05) is 0 Å². The van der Waals surface area contributed by atoms with Gasteiger partial charge in [0.2, 0.25) is 0 Å². The number of nitrogens with zero attached hydrogens (tertiary/aromatic N) is 1. The summed E-state index contributed by atoms with van der Waals surface area (Å²) in [4.78, 5) is 16.1. The van der Waals surface area contributed by atoms with Crippen molar-refractivity contribution in [2.24, 2.45) is 5.73 Å². The van der Waals surface area contributed by atoms with Crippen LogP contribution in [0.25, 0.3) is 0 Å². The maximum absolute atomic E-state index is 13.5. The minimum absolute atomic E-state index is 0.245. The summed E-state index contributed by atoms with van der Waals surface area (Å²) in [5, 5.41) is 5.30. The van der Waals surface area contributed by atoms with Gasteiger partial charge in [0.25, 0.3) is 5.91 Å². The predicted octanol–water partition coefficient (Wildman–Crippen LogP) is 2.52. The summed E-state index contributed by atoms with van der Waals surface area (Å²) in [6, 6.07) is 4.76. The number of rotatable bonds is 6. The van der Waals surface area contributed by atoms with E-state index in [0.29, 0.717) is 37.2 Å². The summed E-state index contributed by atoms with van der Waals surface area (Å²) < 4.78 is 14.4. The number of thiazole rings is 1. The third kappa shape index (κ3) is 4.59. The Morgan fingerprint density at radius 1 is 1.43 bits per heavy atom. The second-order valence-corrected chi connectivity index (χ2v) is 6.27.